The van der Waals surface area contributed by atoms with Gasteiger partial charge in [0.15, 0.2) is 0 Å². The Morgan fingerprint density at radius 1 is 1.31 bits per heavy atom. The first-order valence-corrected chi connectivity index (χ1v) is 5.28. The average molecular weight is 216 g/mol. The maximum Gasteiger partial charge on any atom is 0.330 e. The molecule has 0 radical (unpaired) electrons. The van der Waals surface area contributed by atoms with Crippen LogP contribution in [-0.4, -0.2) is 13.1 Å². The highest BCUT2D eigenvalue weighted by molar-refractivity contribution is 5.83. The van der Waals surface area contributed by atoms with Crippen molar-refractivity contribution in [3.8, 4) is 0 Å². The van der Waals surface area contributed by atoms with Crippen LogP contribution in [0.4, 0.5) is 0 Å². The standard InChI is InChI=1S/C14H16O2/c1-3-12(11-14(15)16-2)9-10-13-7-5-4-6-8-13/h4-11H,3H2,1-2H3/b10-9+,12-11+. The highest BCUT2D eigenvalue weighted by Crippen LogP contribution is 2.08. The molecule has 2 nitrogen and oxygen atoms in total. The fraction of sp³-hybridized carbons (Fsp3) is 0.214. The van der Waals surface area contributed by atoms with Crippen molar-refractivity contribution in [1.29, 1.82) is 0 Å². The molecule has 0 fully saturated rings. The highest BCUT2D eigenvalue weighted by Gasteiger charge is 1.96. The quantitative estimate of drug-likeness (QED) is 0.439. The summed E-state index contributed by atoms with van der Waals surface area (Å²) >= 11 is 0. The molecule has 0 spiro atoms. The van der Waals surface area contributed by atoms with E-state index in [-0.39, 0.29) is 5.97 Å². The smallest absolute Gasteiger partial charge is 0.330 e. The van der Waals surface area contributed by atoms with Gasteiger partial charge in [0.1, 0.15) is 0 Å². The summed E-state index contributed by atoms with van der Waals surface area (Å²) in [6, 6.07) is 9.97. The molecule has 0 N–H and O–H groups in total. The molecular weight excluding hydrogens is 200 g/mol. The predicted molar refractivity (Wildman–Crippen MR) is 65.9 cm³/mol. The van der Waals surface area contributed by atoms with Crippen LogP contribution in [-0.2, 0) is 9.53 Å². The van der Waals surface area contributed by atoms with E-state index in [0.29, 0.717) is 0 Å². The van der Waals surface area contributed by atoms with Gasteiger partial charge in [-0.1, -0.05) is 49.4 Å². The molecule has 0 atom stereocenters. The second-order valence-electron chi connectivity index (χ2n) is 3.34. The molecule has 0 amide bonds. The van der Waals surface area contributed by atoms with Gasteiger partial charge in [-0.2, -0.15) is 0 Å². The Bertz CT molecular complexity index is 388. The van der Waals surface area contributed by atoms with Gasteiger partial charge < -0.3 is 4.74 Å². The minimum absolute atomic E-state index is 0.311. The van der Waals surface area contributed by atoms with Crippen molar-refractivity contribution in [2.24, 2.45) is 0 Å². The molecule has 16 heavy (non-hydrogen) atoms. The summed E-state index contributed by atoms with van der Waals surface area (Å²) in [4.78, 5) is 11.1. The molecule has 0 saturated carbocycles. The van der Waals surface area contributed by atoms with E-state index in [4.69, 9.17) is 0 Å². The average Bonchev–Trinajstić information content (AvgIpc) is 2.35. The van der Waals surface area contributed by atoms with Crippen molar-refractivity contribution in [3.63, 3.8) is 0 Å². The van der Waals surface area contributed by atoms with Gasteiger partial charge in [0.2, 0.25) is 0 Å². The maximum absolute atomic E-state index is 11.1. The lowest BCUT2D eigenvalue weighted by atomic mass is 10.1. The third-order valence-electron chi connectivity index (χ3n) is 2.20. The number of rotatable bonds is 4. The molecule has 84 valence electrons. The number of methoxy groups -OCH3 is 1. The van der Waals surface area contributed by atoms with Gasteiger partial charge in [-0.25, -0.2) is 4.79 Å². The van der Waals surface area contributed by atoms with E-state index in [2.05, 4.69) is 4.74 Å². The molecule has 0 heterocycles. The second kappa shape index (κ2) is 6.62. The van der Waals surface area contributed by atoms with Gasteiger partial charge in [-0.3, -0.25) is 0 Å². The lowest BCUT2D eigenvalue weighted by Gasteiger charge is -1.97. The summed E-state index contributed by atoms with van der Waals surface area (Å²) in [5, 5.41) is 0. The van der Waals surface area contributed by atoms with Crippen molar-refractivity contribution >= 4 is 12.0 Å². The molecule has 0 aliphatic heterocycles. The molecule has 0 unspecified atom stereocenters. The van der Waals surface area contributed by atoms with Crippen LogP contribution in [0.15, 0.2) is 48.1 Å². The zero-order chi connectivity index (χ0) is 11.8. The minimum atomic E-state index is -0.311. The number of allylic oxidation sites excluding steroid dienone is 2. The first-order valence-electron chi connectivity index (χ1n) is 5.28. The van der Waals surface area contributed by atoms with Crippen molar-refractivity contribution in [1.82, 2.24) is 0 Å². The number of carbonyl (C=O) groups excluding carboxylic acids is 1. The Hall–Kier alpha value is -1.83. The predicted octanol–water partition coefficient (Wildman–Crippen LogP) is 3.21. The molecule has 0 aliphatic carbocycles. The number of esters is 1. The number of carbonyl (C=O) groups is 1. The Labute approximate surface area is 96.2 Å². The lowest BCUT2D eigenvalue weighted by molar-refractivity contribution is -0.134. The van der Waals surface area contributed by atoms with E-state index in [9.17, 15) is 4.79 Å². The third-order valence-corrected chi connectivity index (χ3v) is 2.20. The summed E-state index contributed by atoms with van der Waals surface area (Å²) in [6.07, 6.45) is 6.24. The van der Waals surface area contributed by atoms with Crippen LogP contribution in [0.5, 0.6) is 0 Å². The summed E-state index contributed by atoms with van der Waals surface area (Å²) in [6.45, 7) is 2.00. The van der Waals surface area contributed by atoms with E-state index >= 15 is 0 Å². The van der Waals surface area contributed by atoms with Crippen LogP contribution in [0.25, 0.3) is 6.08 Å². The summed E-state index contributed by atoms with van der Waals surface area (Å²) in [5.41, 5.74) is 2.07. The van der Waals surface area contributed by atoms with Crippen molar-refractivity contribution in [3.05, 3.63) is 53.6 Å². The SMILES string of the molecule is CCC(/C=C/c1ccccc1)=C\C(=O)OC. The fourth-order valence-corrected chi connectivity index (χ4v) is 1.25. The van der Waals surface area contributed by atoms with Crippen molar-refractivity contribution < 1.29 is 9.53 Å². The molecule has 2 heteroatoms. The molecule has 0 bridgehead atoms. The molecule has 1 aromatic carbocycles. The zero-order valence-electron chi connectivity index (χ0n) is 9.64. The van der Waals surface area contributed by atoms with Crippen LogP contribution >= 0.6 is 0 Å². The molecule has 0 saturated heterocycles. The normalized spacial score (nSPS) is 11.8. The van der Waals surface area contributed by atoms with Gasteiger partial charge in [-0.15, -0.1) is 0 Å². The summed E-state index contributed by atoms with van der Waals surface area (Å²) < 4.78 is 4.59. The Morgan fingerprint density at radius 2 is 2.00 bits per heavy atom. The van der Waals surface area contributed by atoms with Crippen LogP contribution in [0.3, 0.4) is 0 Å². The Balaban J connectivity index is 2.74. The van der Waals surface area contributed by atoms with Gasteiger partial charge in [0.05, 0.1) is 7.11 Å². The Morgan fingerprint density at radius 3 is 2.56 bits per heavy atom. The third kappa shape index (κ3) is 4.13. The van der Waals surface area contributed by atoms with Crippen LogP contribution in [0, 0.1) is 0 Å². The molecule has 1 aromatic rings. The molecule has 0 aliphatic rings. The van der Waals surface area contributed by atoms with Crippen LogP contribution in [0.1, 0.15) is 18.9 Å². The van der Waals surface area contributed by atoms with E-state index < -0.39 is 0 Å². The van der Waals surface area contributed by atoms with E-state index in [1.165, 1.54) is 13.2 Å². The van der Waals surface area contributed by atoms with Gasteiger partial charge in [-0.05, 0) is 17.6 Å². The first kappa shape index (κ1) is 12.2. The number of hydrogen-bond acceptors (Lipinski definition) is 2. The molecule has 1 rings (SSSR count). The Kier molecular flexibility index (Phi) is 5.06. The monoisotopic (exact) mass is 216 g/mol. The summed E-state index contributed by atoms with van der Waals surface area (Å²) in [5.74, 6) is -0.311. The van der Waals surface area contributed by atoms with Gasteiger partial charge in [0, 0.05) is 6.08 Å². The van der Waals surface area contributed by atoms with Gasteiger partial charge in [0.25, 0.3) is 0 Å². The lowest BCUT2D eigenvalue weighted by Crippen LogP contribution is -1.95. The number of benzene rings is 1. The number of hydrogen-bond donors (Lipinski definition) is 0. The second-order valence-corrected chi connectivity index (χ2v) is 3.34. The number of ether oxygens (including phenoxy) is 1. The molecular formula is C14H16O2. The van der Waals surface area contributed by atoms with Crippen molar-refractivity contribution in [2.75, 3.05) is 7.11 Å². The van der Waals surface area contributed by atoms with Gasteiger partial charge >= 0.3 is 5.97 Å². The first-order chi connectivity index (χ1) is 7.76. The van der Waals surface area contributed by atoms with E-state index in [1.807, 2.05) is 49.4 Å². The zero-order valence-corrected chi connectivity index (χ0v) is 9.64. The molecule has 0 aromatic heterocycles. The van der Waals surface area contributed by atoms with E-state index in [1.54, 1.807) is 0 Å². The van der Waals surface area contributed by atoms with E-state index in [0.717, 1.165) is 17.6 Å². The fourth-order valence-electron chi connectivity index (χ4n) is 1.25. The summed E-state index contributed by atoms with van der Waals surface area (Å²) in [7, 11) is 1.38. The topological polar surface area (TPSA) is 26.3 Å². The van der Waals surface area contributed by atoms with Crippen LogP contribution in [0.2, 0.25) is 0 Å². The maximum atomic E-state index is 11.1. The minimum Gasteiger partial charge on any atom is -0.466 e. The highest BCUT2D eigenvalue weighted by atomic mass is 16.5. The van der Waals surface area contributed by atoms with Crippen molar-refractivity contribution in [2.45, 2.75) is 13.3 Å². The van der Waals surface area contributed by atoms with Crippen LogP contribution < -0.4 is 0 Å². The largest absolute Gasteiger partial charge is 0.466 e.